The van der Waals surface area contributed by atoms with E-state index in [-0.39, 0.29) is 5.56 Å². The second kappa shape index (κ2) is 6.93. The molecule has 0 aliphatic carbocycles. The van der Waals surface area contributed by atoms with E-state index in [1.807, 2.05) is 0 Å². The van der Waals surface area contributed by atoms with Crippen molar-refractivity contribution in [2.75, 3.05) is 0 Å². The lowest BCUT2D eigenvalue weighted by Crippen LogP contribution is -2.32. The second-order valence-electron chi connectivity index (χ2n) is 4.50. The summed E-state index contributed by atoms with van der Waals surface area (Å²) < 4.78 is 43.5. The van der Waals surface area contributed by atoms with Gasteiger partial charge in [-0.3, -0.25) is 0 Å². The first-order valence-electron chi connectivity index (χ1n) is 6.53. The number of rotatable bonds is 4. The van der Waals surface area contributed by atoms with E-state index in [1.54, 1.807) is 48.5 Å². The van der Waals surface area contributed by atoms with E-state index in [2.05, 4.69) is 4.74 Å². The lowest BCUT2D eigenvalue weighted by atomic mass is 10.2. The number of alkyl halides is 3. The minimum atomic E-state index is -4.67. The van der Waals surface area contributed by atoms with Crippen LogP contribution in [-0.4, -0.2) is 18.2 Å². The van der Waals surface area contributed by atoms with E-state index in [4.69, 9.17) is 0 Å². The van der Waals surface area contributed by atoms with Gasteiger partial charge in [0, 0.05) is 0 Å². The highest BCUT2D eigenvalue weighted by molar-refractivity contribution is 5.89. The van der Waals surface area contributed by atoms with Crippen LogP contribution in [0.4, 0.5) is 13.2 Å². The van der Waals surface area contributed by atoms with Gasteiger partial charge >= 0.3 is 12.1 Å². The highest BCUT2D eigenvalue weighted by atomic mass is 19.4. The number of hydrogen-bond donors (Lipinski definition) is 0. The first-order chi connectivity index (χ1) is 10.5. The molecule has 0 spiro atoms. The van der Waals surface area contributed by atoms with E-state index in [0.29, 0.717) is 5.56 Å². The van der Waals surface area contributed by atoms with Crippen molar-refractivity contribution < 1.29 is 22.7 Å². The van der Waals surface area contributed by atoms with Gasteiger partial charge in [-0.05, 0) is 23.8 Å². The van der Waals surface area contributed by atoms with Crippen LogP contribution in [0.1, 0.15) is 15.9 Å². The Kier molecular flexibility index (Phi) is 4.99. The van der Waals surface area contributed by atoms with Crippen LogP contribution in [0.2, 0.25) is 0 Å². The summed E-state index contributed by atoms with van der Waals surface area (Å²) in [4.78, 5) is 11.8. The van der Waals surface area contributed by atoms with Gasteiger partial charge in [0.1, 0.15) is 0 Å². The molecule has 0 fully saturated rings. The fourth-order valence-electron chi connectivity index (χ4n) is 1.74. The van der Waals surface area contributed by atoms with Gasteiger partial charge in [0.15, 0.2) is 0 Å². The summed E-state index contributed by atoms with van der Waals surface area (Å²) in [6.45, 7) is 0. The predicted octanol–water partition coefficient (Wildman–Crippen LogP) is 4.49. The first kappa shape index (κ1) is 15.8. The second-order valence-corrected chi connectivity index (χ2v) is 4.50. The Morgan fingerprint density at radius 2 is 1.50 bits per heavy atom. The van der Waals surface area contributed by atoms with Crippen molar-refractivity contribution in [2.24, 2.45) is 0 Å². The standard InChI is InChI=1S/C17H13F3O2/c18-17(19,20)15(12-11-13-7-3-1-4-8-13)22-16(21)14-9-5-2-6-10-14/h1-12,15H/b12-11+. The Labute approximate surface area is 125 Å². The number of carbonyl (C=O) groups is 1. The van der Waals surface area contributed by atoms with Gasteiger partial charge in [-0.2, -0.15) is 13.2 Å². The van der Waals surface area contributed by atoms with Gasteiger partial charge < -0.3 is 4.74 Å². The van der Waals surface area contributed by atoms with E-state index in [9.17, 15) is 18.0 Å². The van der Waals surface area contributed by atoms with Gasteiger partial charge in [0.2, 0.25) is 6.10 Å². The van der Waals surface area contributed by atoms with E-state index < -0.39 is 18.2 Å². The van der Waals surface area contributed by atoms with Crippen LogP contribution in [0.3, 0.4) is 0 Å². The number of halogens is 3. The van der Waals surface area contributed by atoms with Gasteiger partial charge in [0.25, 0.3) is 0 Å². The van der Waals surface area contributed by atoms with Crippen molar-refractivity contribution in [3.8, 4) is 0 Å². The zero-order valence-corrected chi connectivity index (χ0v) is 11.5. The maximum atomic E-state index is 13.0. The molecule has 5 heteroatoms. The average Bonchev–Trinajstić information content (AvgIpc) is 2.52. The fourth-order valence-corrected chi connectivity index (χ4v) is 1.74. The molecular weight excluding hydrogens is 293 g/mol. The summed E-state index contributed by atoms with van der Waals surface area (Å²) in [5.74, 6) is -1.01. The van der Waals surface area contributed by atoms with Crippen molar-refractivity contribution in [2.45, 2.75) is 12.3 Å². The molecule has 0 radical (unpaired) electrons. The molecule has 114 valence electrons. The van der Waals surface area contributed by atoms with Gasteiger partial charge in [-0.1, -0.05) is 54.6 Å². The molecule has 0 aliphatic rings. The lowest BCUT2D eigenvalue weighted by molar-refractivity contribution is -0.188. The monoisotopic (exact) mass is 306 g/mol. The van der Waals surface area contributed by atoms with Gasteiger partial charge in [-0.15, -0.1) is 0 Å². The van der Waals surface area contributed by atoms with Gasteiger partial charge in [-0.25, -0.2) is 4.79 Å². The zero-order chi connectivity index (χ0) is 16.0. The molecule has 0 heterocycles. The molecule has 1 unspecified atom stereocenters. The van der Waals surface area contributed by atoms with Crippen LogP contribution in [0.25, 0.3) is 6.08 Å². The summed E-state index contributed by atoms with van der Waals surface area (Å²) >= 11 is 0. The van der Waals surface area contributed by atoms with Crippen LogP contribution < -0.4 is 0 Å². The van der Waals surface area contributed by atoms with Crippen molar-refractivity contribution in [1.29, 1.82) is 0 Å². The van der Waals surface area contributed by atoms with Crippen molar-refractivity contribution >= 4 is 12.0 Å². The molecule has 0 N–H and O–H groups in total. The molecule has 0 aromatic heterocycles. The Hall–Kier alpha value is -2.56. The zero-order valence-electron chi connectivity index (χ0n) is 11.5. The highest BCUT2D eigenvalue weighted by Crippen LogP contribution is 2.25. The first-order valence-corrected chi connectivity index (χ1v) is 6.53. The fraction of sp³-hybridized carbons (Fsp3) is 0.118. The molecule has 0 amide bonds. The lowest BCUT2D eigenvalue weighted by Gasteiger charge is -2.17. The summed E-state index contributed by atoms with van der Waals surface area (Å²) in [5, 5.41) is 0. The Balaban J connectivity index is 2.14. The SMILES string of the molecule is O=C(OC(/C=C/c1ccccc1)C(F)(F)F)c1ccccc1. The summed E-state index contributed by atoms with van der Waals surface area (Å²) in [6, 6.07) is 16.1. The van der Waals surface area contributed by atoms with Crippen LogP contribution in [-0.2, 0) is 4.74 Å². The molecule has 0 saturated carbocycles. The number of ether oxygens (including phenoxy) is 1. The number of carbonyl (C=O) groups excluding carboxylic acids is 1. The summed E-state index contributed by atoms with van der Waals surface area (Å²) in [6.07, 6.45) is -4.86. The van der Waals surface area contributed by atoms with Crippen LogP contribution in [0, 0.1) is 0 Å². The molecular formula is C17H13F3O2. The van der Waals surface area contributed by atoms with Crippen molar-refractivity contribution in [3.63, 3.8) is 0 Å². The Morgan fingerprint density at radius 1 is 0.955 bits per heavy atom. The summed E-state index contributed by atoms with van der Waals surface area (Å²) in [5.41, 5.74) is 0.664. The predicted molar refractivity (Wildman–Crippen MR) is 77.2 cm³/mol. The third-order valence-corrected chi connectivity index (χ3v) is 2.83. The highest BCUT2D eigenvalue weighted by Gasteiger charge is 2.41. The van der Waals surface area contributed by atoms with E-state index in [0.717, 1.165) is 6.08 Å². The van der Waals surface area contributed by atoms with Crippen LogP contribution >= 0.6 is 0 Å². The normalized spacial score (nSPS) is 13.0. The topological polar surface area (TPSA) is 26.3 Å². The average molecular weight is 306 g/mol. The molecule has 0 aliphatic heterocycles. The number of hydrogen-bond acceptors (Lipinski definition) is 2. The Bertz CT molecular complexity index is 634. The molecule has 2 nitrogen and oxygen atoms in total. The quantitative estimate of drug-likeness (QED) is 0.778. The maximum absolute atomic E-state index is 13.0. The minimum Gasteiger partial charge on any atom is -0.445 e. The van der Waals surface area contributed by atoms with E-state index in [1.165, 1.54) is 18.2 Å². The molecule has 1 atom stereocenters. The third kappa shape index (κ3) is 4.48. The number of benzene rings is 2. The number of esters is 1. The largest absolute Gasteiger partial charge is 0.445 e. The maximum Gasteiger partial charge on any atom is 0.429 e. The van der Waals surface area contributed by atoms with Crippen LogP contribution in [0.5, 0.6) is 0 Å². The molecule has 2 rings (SSSR count). The molecule has 0 saturated heterocycles. The van der Waals surface area contributed by atoms with Crippen molar-refractivity contribution in [3.05, 3.63) is 77.9 Å². The molecule has 2 aromatic rings. The van der Waals surface area contributed by atoms with Crippen LogP contribution in [0.15, 0.2) is 66.7 Å². The smallest absolute Gasteiger partial charge is 0.429 e. The summed E-state index contributed by atoms with van der Waals surface area (Å²) in [7, 11) is 0. The van der Waals surface area contributed by atoms with E-state index >= 15 is 0 Å². The third-order valence-electron chi connectivity index (χ3n) is 2.83. The van der Waals surface area contributed by atoms with Gasteiger partial charge in [0.05, 0.1) is 5.56 Å². The van der Waals surface area contributed by atoms with Crippen molar-refractivity contribution in [1.82, 2.24) is 0 Å². The Morgan fingerprint density at radius 3 is 2.05 bits per heavy atom. The molecule has 0 bridgehead atoms. The molecule has 22 heavy (non-hydrogen) atoms. The molecule has 2 aromatic carbocycles. The minimum absolute atomic E-state index is 0.0739.